The minimum Gasteiger partial charge on any atom is -0.355 e. The second-order valence-electron chi connectivity index (χ2n) is 6.65. The molecule has 0 spiro atoms. The van der Waals surface area contributed by atoms with Gasteiger partial charge in [0.15, 0.2) is 0 Å². The Hall–Kier alpha value is -2.63. The molecule has 2 atom stereocenters. The monoisotopic (exact) mass is 361 g/mol. The zero-order valence-electron chi connectivity index (χ0n) is 14.2. The average molecular weight is 361 g/mol. The Morgan fingerprint density at radius 2 is 1.73 bits per heavy atom. The van der Waals surface area contributed by atoms with Crippen LogP contribution >= 0.6 is 0 Å². The summed E-state index contributed by atoms with van der Waals surface area (Å²) in [6.45, 7) is 1.67. The standard InChI is InChI=1S/C20H18F3NO2/c1-11-6-17(22)19(18(23)7-11)16-10-24-20(26)15(16)9-14(25)8-12-2-4-13(21)5-3-12/h2-7,15-16H,8-10H2,1H3,(H,24,26)/t15-,16+/m1/s1. The van der Waals surface area contributed by atoms with Crippen molar-refractivity contribution in [2.24, 2.45) is 5.92 Å². The smallest absolute Gasteiger partial charge is 0.224 e. The van der Waals surface area contributed by atoms with Crippen LogP contribution in [0.2, 0.25) is 0 Å². The van der Waals surface area contributed by atoms with Gasteiger partial charge < -0.3 is 5.32 Å². The number of nitrogens with one attached hydrogen (secondary N) is 1. The minimum absolute atomic E-state index is 0.0373. The highest BCUT2D eigenvalue weighted by atomic mass is 19.1. The van der Waals surface area contributed by atoms with Crippen LogP contribution < -0.4 is 5.32 Å². The van der Waals surface area contributed by atoms with Gasteiger partial charge in [0.1, 0.15) is 23.2 Å². The number of halogens is 3. The van der Waals surface area contributed by atoms with E-state index in [1.54, 1.807) is 6.92 Å². The van der Waals surface area contributed by atoms with Crippen molar-refractivity contribution in [3.8, 4) is 0 Å². The van der Waals surface area contributed by atoms with E-state index < -0.39 is 29.3 Å². The molecule has 3 rings (SSSR count). The van der Waals surface area contributed by atoms with Gasteiger partial charge in [0.05, 0.1) is 5.92 Å². The van der Waals surface area contributed by atoms with E-state index in [-0.39, 0.29) is 36.6 Å². The van der Waals surface area contributed by atoms with Crippen LogP contribution in [0.5, 0.6) is 0 Å². The van der Waals surface area contributed by atoms with Gasteiger partial charge in [0, 0.05) is 30.9 Å². The van der Waals surface area contributed by atoms with Crippen LogP contribution in [0.15, 0.2) is 36.4 Å². The third-order valence-corrected chi connectivity index (χ3v) is 4.67. The lowest BCUT2D eigenvalue weighted by molar-refractivity contribution is -0.127. The minimum atomic E-state index is -0.824. The Labute approximate surface area is 149 Å². The normalized spacial score (nSPS) is 19.5. The number of Topliss-reactive ketones (excluding diaryl/α,β-unsaturated/α-hetero) is 1. The molecule has 2 aromatic carbocycles. The molecule has 0 unspecified atom stereocenters. The van der Waals surface area contributed by atoms with Crippen LogP contribution in [-0.4, -0.2) is 18.2 Å². The van der Waals surface area contributed by atoms with Gasteiger partial charge in [0.25, 0.3) is 0 Å². The van der Waals surface area contributed by atoms with Gasteiger partial charge in [-0.1, -0.05) is 12.1 Å². The van der Waals surface area contributed by atoms with Gasteiger partial charge >= 0.3 is 0 Å². The lowest BCUT2D eigenvalue weighted by Crippen LogP contribution is -2.23. The third kappa shape index (κ3) is 3.79. The summed E-state index contributed by atoms with van der Waals surface area (Å²) >= 11 is 0. The van der Waals surface area contributed by atoms with Gasteiger partial charge in [0.2, 0.25) is 5.91 Å². The van der Waals surface area contributed by atoms with Crippen LogP contribution in [-0.2, 0) is 16.0 Å². The summed E-state index contributed by atoms with van der Waals surface area (Å²) in [5.74, 6) is -4.00. The fourth-order valence-corrected chi connectivity index (χ4v) is 3.42. The molecule has 136 valence electrons. The Morgan fingerprint density at radius 3 is 2.35 bits per heavy atom. The molecule has 1 N–H and O–H groups in total. The predicted octanol–water partition coefficient (Wildman–Crippen LogP) is 3.44. The number of rotatable bonds is 5. The number of hydrogen-bond donors (Lipinski definition) is 1. The van der Waals surface area contributed by atoms with Crippen LogP contribution in [0.1, 0.15) is 29.0 Å². The molecule has 1 amide bonds. The summed E-state index contributed by atoms with van der Waals surface area (Å²) in [4.78, 5) is 24.5. The molecular formula is C20H18F3NO2. The summed E-state index contributed by atoms with van der Waals surface area (Å²) in [7, 11) is 0. The van der Waals surface area contributed by atoms with Crippen molar-refractivity contribution in [1.82, 2.24) is 5.32 Å². The first kappa shape index (κ1) is 18.2. The number of hydrogen-bond acceptors (Lipinski definition) is 2. The largest absolute Gasteiger partial charge is 0.355 e. The van der Waals surface area contributed by atoms with Crippen molar-refractivity contribution in [2.45, 2.75) is 25.7 Å². The van der Waals surface area contributed by atoms with Crippen molar-refractivity contribution in [3.63, 3.8) is 0 Å². The molecule has 0 saturated carbocycles. The van der Waals surface area contributed by atoms with Crippen molar-refractivity contribution in [3.05, 3.63) is 70.5 Å². The Balaban J connectivity index is 1.78. The molecule has 0 aliphatic carbocycles. The summed E-state index contributed by atoms with van der Waals surface area (Å²) < 4.78 is 41.5. The lowest BCUT2D eigenvalue weighted by atomic mass is 9.83. The second-order valence-corrected chi connectivity index (χ2v) is 6.65. The zero-order chi connectivity index (χ0) is 18.8. The molecule has 0 aromatic heterocycles. The van der Waals surface area contributed by atoms with Crippen molar-refractivity contribution in [1.29, 1.82) is 0 Å². The van der Waals surface area contributed by atoms with Crippen LogP contribution in [0, 0.1) is 30.3 Å². The highest BCUT2D eigenvalue weighted by Gasteiger charge is 2.39. The summed E-state index contributed by atoms with van der Waals surface area (Å²) in [5.41, 5.74) is 0.914. The Morgan fingerprint density at radius 1 is 1.12 bits per heavy atom. The van der Waals surface area contributed by atoms with Gasteiger partial charge in [-0.05, 0) is 42.3 Å². The molecule has 0 bridgehead atoms. The van der Waals surface area contributed by atoms with E-state index in [1.165, 1.54) is 36.4 Å². The number of carbonyl (C=O) groups is 2. The first-order valence-electron chi connectivity index (χ1n) is 8.34. The first-order valence-corrected chi connectivity index (χ1v) is 8.34. The first-order chi connectivity index (χ1) is 12.3. The van der Waals surface area contributed by atoms with E-state index in [0.717, 1.165) is 0 Å². The maximum atomic E-state index is 14.3. The van der Waals surface area contributed by atoms with E-state index in [4.69, 9.17) is 0 Å². The highest BCUT2D eigenvalue weighted by molar-refractivity contribution is 5.90. The van der Waals surface area contributed by atoms with Crippen molar-refractivity contribution < 1.29 is 22.8 Å². The maximum absolute atomic E-state index is 14.3. The van der Waals surface area contributed by atoms with Gasteiger partial charge in [-0.15, -0.1) is 0 Å². The molecular weight excluding hydrogens is 343 g/mol. The number of amides is 1. The fraction of sp³-hybridized carbons (Fsp3) is 0.300. The zero-order valence-corrected chi connectivity index (χ0v) is 14.2. The summed E-state index contributed by atoms with van der Waals surface area (Å²) in [5, 5.41) is 2.59. The van der Waals surface area contributed by atoms with E-state index in [0.29, 0.717) is 11.1 Å². The molecule has 26 heavy (non-hydrogen) atoms. The molecule has 0 radical (unpaired) electrons. The molecule has 1 saturated heterocycles. The summed E-state index contributed by atoms with van der Waals surface area (Å²) in [6.07, 6.45) is -0.0870. The highest BCUT2D eigenvalue weighted by Crippen LogP contribution is 2.35. The van der Waals surface area contributed by atoms with Crippen LogP contribution in [0.4, 0.5) is 13.2 Å². The topological polar surface area (TPSA) is 46.2 Å². The third-order valence-electron chi connectivity index (χ3n) is 4.67. The van der Waals surface area contributed by atoms with Gasteiger partial charge in [-0.3, -0.25) is 9.59 Å². The van der Waals surface area contributed by atoms with Crippen molar-refractivity contribution >= 4 is 11.7 Å². The molecule has 3 nitrogen and oxygen atoms in total. The van der Waals surface area contributed by atoms with Crippen molar-refractivity contribution in [2.75, 3.05) is 6.54 Å². The molecule has 1 heterocycles. The molecule has 1 fully saturated rings. The SMILES string of the molecule is Cc1cc(F)c([C@H]2CNC(=O)[C@@H]2CC(=O)Cc2ccc(F)cc2)c(F)c1. The fourth-order valence-electron chi connectivity index (χ4n) is 3.42. The second kappa shape index (κ2) is 7.32. The number of ketones is 1. The number of carbonyl (C=O) groups excluding carboxylic acids is 2. The van der Waals surface area contributed by atoms with E-state index in [9.17, 15) is 22.8 Å². The quantitative estimate of drug-likeness (QED) is 0.887. The van der Waals surface area contributed by atoms with Gasteiger partial charge in [-0.25, -0.2) is 13.2 Å². The Bertz CT molecular complexity index is 826. The molecule has 1 aliphatic heterocycles. The number of benzene rings is 2. The van der Waals surface area contributed by atoms with E-state index >= 15 is 0 Å². The maximum Gasteiger partial charge on any atom is 0.224 e. The van der Waals surface area contributed by atoms with E-state index in [1.807, 2.05) is 0 Å². The molecule has 6 heteroatoms. The predicted molar refractivity (Wildman–Crippen MR) is 90.1 cm³/mol. The van der Waals surface area contributed by atoms with E-state index in [2.05, 4.69) is 5.32 Å². The average Bonchev–Trinajstić information content (AvgIpc) is 2.90. The molecule has 2 aromatic rings. The van der Waals surface area contributed by atoms with Crippen LogP contribution in [0.25, 0.3) is 0 Å². The lowest BCUT2D eigenvalue weighted by Gasteiger charge is -2.18. The number of aryl methyl sites for hydroxylation is 1. The van der Waals surface area contributed by atoms with Crippen LogP contribution in [0.3, 0.4) is 0 Å². The molecule has 1 aliphatic rings. The van der Waals surface area contributed by atoms with Gasteiger partial charge in [-0.2, -0.15) is 0 Å². The summed E-state index contributed by atoms with van der Waals surface area (Å²) in [6, 6.07) is 7.95. The Kier molecular flexibility index (Phi) is 5.11.